The minimum absolute atomic E-state index is 0.118. The molecule has 6 rings (SSSR count). The van der Waals surface area contributed by atoms with E-state index in [9.17, 15) is 14.7 Å². The molecule has 6 nitrogen and oxygen atoms in total. The molecule has 2 N–H and O–H groups in total. The number of amides is 1. The van der Waals surface area contributed by atoms with E-state index in [-0.39, 0.29) is 23.9 Å². The summed E-state index contributed by atoms with van der Waals surface area (Å²) in [5.41, 5.74) is 4.90. The maximum atomic E-state index is 13.5. The number of phenolic OH excluding ortho intramolecular Hbond substituents is 1. The molecular weight excluding hydrogens is 500 g/mol. The van der Waals surface area contributed by atoms with E-state index < -0.39 is 5.54 Å². The lowest BCUT2D eigenvalue weighted by molar-refractivity contribution is -0.123. The maximum absolute atomic E-state index is 13.5. The van der Waals surface area contributed by atoms with Crippen LogP contribution in [0, 0.1) is 0 Å². The lowest BCUT2D eigenvalue weighted by Gasteiger charge is -2.25. The average molecular weight is 537 g/mol. The van der Waals surface area contributed by atoms with Crippen molar-refractivity contribution in [1.29, 1.82) is 0 Å². The van der Waals surface area contributed by atoms with Crippen molar-refractivity contribution < 1.29 is 19.4 Å². The Morgan fingerprint density at radius 3 is 2.60 bits per heavy atom. The normalized spacial score (nSPS) is 15.6. The Kier molecular flexibility index (Phi) is 6.87. The van der Waals surface area contributed by atoms with Gasteiger partial charge in [0.05, 0.1) is 17.8 Å². The summed E-state index contributed by atoms with van der Waals surface area (Å²) in [6.45, 7) is 4.72. The number of carbonyl (C=O) groups excluding carboxylic acids is 2. The highest BCUT2D eigenvalue weighted by atomic mass is 16.5. The van der Waals surface area contributed by atoms with Crippen molar-refractivity contribution >= 4 is 22.6 Å². The smallest absolute Gasteiger partial charge is 0.252 e. The standard InChI is InChI=1S/C34H36N2O4/c1-34(2,30(38)20-22-9-8-12-25(37)19-22)35-33(39)24-15-16-26-28(21-24)36-17-18-40-29-14-7-6-13-27(29)32(36)31(26)23-10-4-3-5-11-23/h6-9,12-16,19,21,23,37H,3-5,10-11,17-18,20H2,1-2H3,(H,35,39). The second-order valence-corrected chi connectivity index (χ2v) is 11.7. The molecule has 206 valence electrons. The number of aromatic nitrogens is 1. The number of ether oxygens (including phenoxy) is 1. The van der Waals surface area contributed by atoms with E-state index in [4.69, 9.17) is 4.74 Å². The molecule has 0 atom stereocenters. The van der Waals surface area contributed by atoms with Gasteiger partial charge in [-0.1, -0.05) is 49.6 Å². The van der Waals surface area contributed by atoms with Crippen molar-refractivity contribution in [2.45, 2.75) is 70.4 Å². The monoisotopic (exact) mass is 536 g/mol. The quantitative estimate of drug-likeness (QED) is 0.285. The van der Waals surface area contributed by atoms with Gasteiger partial charge in [0, 0.05) is 28.5 Å². The number of phenols is 1. The number of carbonyl (C=O) groups is 2. The Hall–Kier alpha value is -4.06. The molecule has 1 fully saturated rings. The van der Waals surface area contributed by atoms with E-state index in [1.807, 2.05) is 24.3 Å². The van der Waals surface area contributed by atoms with Crippen LogP contribution in [-0.2, 0) is 17.8 Å². The van der Waals surface area contributed by atoms with Crippen molar-refractivity contribution in [3.05, 3.63) is 83.4 Å². The molecule has 1 amide bonds. The van der Waals surface area contributed by atoms with E-state index in [1.165, 1.54) is 48.7 Å². The summed E-state index contributed by atoms with van der Waals surface area (Å²) in [6.07, 6.45) is 6.23. The molecule has 0 unspecified atom stereocenters. The molecular formula is C34H36N2O4. The van der Waals surface area contributed by atoms with E-state index in [2.05, 4.69) is 28.1 Å². The minimum atomic E-state index is -1.08. The number of hydrogen-bond acceptors (Lipinski definition) is 4. The molecule has 0 radical (unpaired) electrons. The van der Waals surface area contributed by atoms with Gasteiger partial charge in [0.2, 0.25) is 0 Å². The SMILES string of the molecule is CC(C)(NC(=O)c1ccc2c(C3CCCCC3)c3n(c2c1)CCOc1ccccc1-3)C(=O)Cc1cccc(O)c1. The van der Waals surface area contributed by atoms with Crippen LogP contribution in [0.5, 0.6) is 11.5 Å². The molecule has 0 spiro atoms. The van der Waals surface area contributed by atoms with Crippen molar-refractivity contribution in [3.63, 3.8) is 0 Å². The van der Waals surface area contributed by atoms with Gasteiger partial charge in [0.1, 0.15) is 18.1 Å². The second-order valence-electron chi connectivity index (χ2n) is 11.7. The van der Waals surface area contributed by atoms with Crippen LogP contribution in [0.4, 0.5) is 0 Å². The Labute approximate surface area is 235 Å². The fourth-order valence-electron chi connectivity index (χ4n) is 6.38. The summed E-state index contributed by atoms with van der Waals surface area (Å²) in [4.78, 5) is 26.7. The molecule has 3 aromatic carbocycles. The van der Waals surface area contributed by atoms with Gasteiger partial charge in [-0.25, -0.2) is 0 Å². The number of fused-ring (bicyclic) bond motifs is 5. The summed E-state index contributed by atoms with van der Waals surface area (Å²) in [6, 6.07) is 20.9. The number of hydrogen-bond donors (Lipinski definition) is 2. The Morgan fingerprint density at radius 2 is 1.80 bits per heavy atom. The third-order valence-electron chi connectivity index (χ3n) is 8.49. The molecule has 1 saturated carbocycles. The van der Waals surface area contributed by atoms with Gasteiger partial charge in [-0.15, -0.1) is 0 Å². The number of nitrogens with one attached hydrogen (secondary N) is 1. The van der Waals surface area contributed by atoms with Crippen LogP contribution in [0.3, 0.4) is 0 Å². The lowest BCUT2D eigenvalue weighted by Crippen LogP contribution is -2.50. The van der Waals surface area contributed by atoms with Gasteiger partial charge >= 0.3 is 0 Å². The van der Waals surface area contributed by atoms with Crippen LogP contribution in [0.15, 0.2) is 66.7 Å². The predicted octanol–water partition coefficient (Wildman–Crippen LogP) is 6.77. The molecule has 2 heterocycles. The fraction of sp³-hybridized carbons (Fsp3) is 0.353. The molecule has 4 aromatic rings. The number of aromatic hydroxyl groups is 1. The third-order valence-corrected chi connectivity index (χ3v) is 8.49. The Morgan fingerprint density at radius 1 is 1.00 bits per heavy atom. The Balaban J connectivity index is 1.36. The summed E-state index contributed by atoms with van der Waals surface area (Å²) >= 11 is 0. The van der Waals surface area contributed by atoms with Gasteiger partial charge in [-0.3, -0.25) is 9.59 Å². The van der Waals surface area contributed by atoms with Gasteiger partial charge in [0.15, 0.2) is 5.78 Å². The zero-order chi connectivity index (χ0) is 27.9. The van der Waals surface area contributed by atoms with E-state index in [0.29, 0.717) is 30.2 Å². The first-order valence-electron chi connectivity index (χ1n) is 14.3. The second kappa shape index (κ2) is 10.5. The molecule has 6 heteroatoms. The van der Waals surface area contributed by atoms with Gasteiger partial charge in [0.25, 0.3) is 5.91 Å². The molecule has 0 bridgehead atoms. The zero-order valence-corrected chi connectivity index (χ0v) is 23.2. The summed E-state index contributed by atoms with van der Waals surface area (Å²) < 4.78 is 8.49. The third kappa shape index (κ3) is 4.87. The van der Waals surface area contributed by atoms with Gasteiger partial charge in [-0.2, -0.15) is 0 Å². The fourth-order valence-corrected chi connectivity index (χ4v) is 6.38. The molecule has 1 aromatic heterocycles. The number of nitrogens with zero attached hydrogens (tertiary/aromatic N) is 1. The van der Waals surface area contributed by atoms with Crippen LogP contribution in [0.2, 0.25) is 0 Å². The highest BCUT2D eigenvalue weighted by Gasteiger charge is 2.32. The van der Waals surface area contributed by atoms with Crippen LogP contribution < -0.4 is 10.1 Å². The summed E-state index contributed by atoms with van der Waals surface area (Å²) in [5, 5.41) is 13.9. The van der Waals surface area contributed by atoms with E-state index >= 15 is 0 Å². The van der Waals surface area contributed by atoms with E-state index in [1.54, 1.807) is 38.1 Å². The number of rotatable bonds is 6. The zero-order valence-electron chi connectivity index (χ0n) is 23.2. The van der Waals surface area contributed by atoms with Crippen molar-refractivity contribution in [2.75, 3.05) is 6.61 Å². The maximum Gasteiger partial charge on any atom is 0.252 e. The number of ketones is 1. The van der Waals surface area contributed by atoms with Crippen LogP contribution in [0.25, 0.3) is 22.2 Å². The summed E-state index contributed by atoms with van der Waals surface area (Å²) in [5.74, 6) is 1.10. The highest BCUT2D eigenvalue weighted by Crippen LogP contribution is 2.47. The van der Waals surface area contributed by atoms with Gasteiger partial charge in [-0.05, 0) is 80.1 Å². The number of Topliss-reactive ketones (excluding diaryl/α,β-unsaturated/α-hetero) is 1. The minimum Gasteiger partial charge on any atom is -0.508 e. The largest absolute Gasteiger partial charge is 0.508 e. The number of para-hydroxylation sites is 1. The average Bonchev–Trinajstić information content (AvgIpc) is 3.14. The lowest BCUT2D eigenvalue weighted by atomic mass is 9.81. The topological polar surface area (TPSA) is 80.6 Å². The van der Waals surface area contributed by atoms with Gasteiger partial charge < -0.3 is 19.7 Å². The van der Waals surface area contributed by atoms with Crippen molar-refractivity contribution in [2.24, 2.45) is 0 Å². The van der Waals surface area contributed by atoms with Crippen LogP contribution in [-0.4, -0.2) is 33.5 Å². The number of benzene rings is 3. The van der Waals surface area contributed by atoms with E-state index in [0.717, 1.165) is 16.8 Å². The molecule has 2 aliphatic rings. The van der Waals surface area contributed by atoms with Crippen molar-refractivity contribution in [3.8, 4) is 22.8 Å². The summed E-state index contributed by atoms with van der Waals surface area (Å²) in [7, 11) is 0. The predicted molar refractivity (Wildman–Crippen MR) is 157 cm³/mol. The highest BCUT2D eigenvalue weighted by molar-refractivity contribution is 6.03. The van der Waals surface area contributed by atoms with Crippen molar-refractivity contribution in [1.82, 2.24) is 9.88 Å². The van der Waals surface area contributed by atoms with Crippen LogP contribution >= 0.6 is 0 Å². The first kappa shape index (κ1) is 26.2. The van der Waals surface area contributed by atoms with Crippen LogP contribution in [0.1, 0.15) is 73.4 Å². The molecule has 40 heavy (non-hydrogen) atoms. The Bertz CT molecular complexity index is 1590. The molecule has 1 aliphatic heterocycles. The first-order chi connectivity index (χ1) is 19.3. The molecule has 0 saturated heterocycles. The molecule has 1 aliphatic carbocycles. The first-order valence-corrected chi connectivity index (χ1v) is 14.3.